The summed E-state index contributed by atoms with van der Waals surface area (Å²) < 4.78 is 0. The first kappa shape index (κ1) is 13.1. The van der Waals surface area contributed by atoms with Gasteiger partial charge in [0.15, 0.2) is 0 Å². The average Bonchev–Trinajstić information content (AvgIpc) is 3.05. The van der Waals surface area contributed by atoms with Crippen molar-refractivity contribution in [2.75, 3.05) is 0 Å². The third kappa shape index (κ3) is 2.39. The van der Waals surface area contributed by atoms with Crippen molar-refractivity contribution in [2.24, 2.45) is 0 Å². The molecule has 0 radical (unpaired) electrons. The number of aromatic nitrogens is 1. The topological polar surface area (TPSA) is 44.9 Å². The number of benzene rings is 2. The molecule has 110 valence electrons. The molecule has 0 saturated heterocycles. The van der Waals surface area contributed by atoms with Crippen LogP contribution in [-0.4, -0.2) is 16.9 Å². The van der Waals surface area contributed by atoms with Crippen LogP contribution in [0, 0.1) is 0 Å². The predicted octanol–water partition coefficient (Wildman–Crippen LogP) is 2.99. The van der Waals surface area contributed by atoms with Crippen molar-refractivity contribution in [1.29, 1.82) is 0 Å². The first-order valence-corrected chi connectivity index (χ1v) is 7.71. The number of carbonyl (C=O) groups excluding carboxylic acids is 1. The van der Waals surface area contributed by atoms with E-state index in [1.807, 2.05) is 36.4 Å². The summed E-state index contributed by atoms with van der Waals surface area (Å²) in [5.41, 5.74) is 4.88. The molecule has 0 bridgehead atoms. The second kappa shape index (κ2) is 5.34. The van der Waals surface area contributed by atoms with Gasteiger partial charge in [0.1, 0.15) is 0 Å². The van der Waals surface area contributed by atoms with Gasteiger partial charge < -0.3 is 10.3 Å². The maximum absolute atomic E-state index is 12.2. The molecule has 3 aromatic rings. The lowest BCUT2D eigenvalue weighted by molar-refractivity contribution is -0.121. The predicted molar refractivity (Wildman–Crippen MR) is 87.8 cm³/mol. The molecule has 1 unspecified atom stereocenters. The van der Waals surface area contributed by atoms with Crippen LogP contribution in [0.1, 0.15) is 16.8 Å². The van der Waals surface area contributed by atoms with Crippen LogP contribution in [0.4, 0.5) is 0 Å². The first-order chi connectivity index (χ1) is 10.8. The Kier molecular flexibility index (Phi) is 3.19. The van der Waals surface area contributed by atoms with E-state index >= 15 is 0 Å². The fourth-order valence-corrected chi connectivity index (χ4v) is 3.39. The van der Waals surface area contributed by atoms with Crippen LogP contribution < -0.4 is 5.32 Å². The highest BCUT2D eigenvalue weighted by Crippen LogP contribution is 2.29. The van der Waals surface area contributed by atoms with Crippen LogP contribution in [0.15, 0.2) is 54.6 Å². The van der Waals surface area contributed by atoms with Crippen molar-refractivity contribution in [3.05, 3.63) is 71.4 Å². The zero-order chi connectivity index (χ0) is 14.9. The van der Waals surface area contributed by atoms with Gasteiger partial charge in [-0.15, -0.1) is 0 Å². The lowest BCUT2D eigenvalue weighted by Crippen LogP contribution is -2.36. The minimum Gasteiger partial charge on any atom is -0.358 e. The molecule has 4 rings (SSSR count). The molecule has 0 spiro atoms. The number of nitrogens with one attached hydrogen (secondary N) is 2. The van der Waals surface area contributed by atoms with E-state index in [4.69, 9.17) is 0 Å². The Hall–Kier alpha value is -2.55. The highest BCUT2D eigenvalue weighted by molar-refractivity contribution is 5.86. The minimum atomic E-state index is 0.102. The summed E-state index contributed by atoms with van der Waals surface area (Å²) in [5.74, 6) is 0.102. The maximum atomic E-state index is 12.2. The Morgan fingerprint density at radius 2 is 1.82 bits per heavy atom. The third-order valence-electron chi connectivity index (χ3n) is 4.38. The van der Waals surface area contributed by atoms with E-state index in [9.17, 15) is 4.79 Å². The molecule has 0 aliphatic heterocycles. The smallest absolute Gasteiger partial charge is 0.224 e. The average molecular weight is 290 g/mol. The minimum absolute atomic E-state index is 0.102. The van der Waals surface area contributed by atoms with E-state index in [1.54, 1.807) is 0 Å². The van der Waals surface area contributed by atoms with E-state index in [-0.39, 0.29) is 11.9 Å². The second-order valence-electron chi connectivity index (χ2n) is 5.96. The molecule has 0 fully saturated rings. The molecule has 2 aromatic carbocycles. The van der Waals surface area contributed by atoms with Gasteiger partial charge in [-0.2, -0.15) is 0 Å². The van der Waals surface area contributed by atoms with Crippen molar-refractivity contribution in [3.63, 3.8) is 0 Å². The van der Waals surface area contributed by atoms with Crippen molar-refractivity contribution in [3.8, 4) is 0 Å². The number of aromatic amines is 1. The van der Waals surface area contributed by atoms with E-state index in [1.165, 1.54) is 22.2 Å². The molecular formula is C19H18N2O. The van der Waals surface area contributed by atoms with E-state index < -0.39 is 0 Å². The maximum Gasteiger partial charge on any atom is 0.224 e. The van der Waals surface area contributed by atoms with Gasteiger partial charge in [-0.3, -0.25) is 4.79 Å². The second-order valence-corrected chi connectivity index (χ2v) is 5.96. The molecule has 1 aliphatic carbocycles. The number of rotatable bonds is 3. The van der Waals surface area contributed by atoms with Gasteiger partial charge in [0.05, 0.1) is 6.42 Å². The quantitative estimate of drug-likeness (QED) is 0.765. The SMILES string of the molecule is O=C(Cc1ccccc1)NC1Cc2[nH]c3ccccc3c2C1. The molecule has 3 heteroatoms. The summed E-state index contributed by atoms with van der Waals surface area (Å²) in [6.07, 6.45) is 2.26. The molecule has 1 aromatic heterocycles. The summed E-state index contributed by atoms with van der Waals surface area (Å²) >= 11 is 0. The number of hydrogen-bond donors (Lipinski definition) is 2. The Morgan fingerprint density at radius 3 is 2.68 bits per heavy atom. The normalized spacial score (nSPS) is 16.6. The summed E-state index contributed by atoms with van der Waals surface area (Å²) in [4.78, 5) is 15.7. The third-order valence-corrected chi connectivity index (χ3v) is 4.38. The van der Waals surface area contributed by atoms with Gasteiger partial charge >= 0.3 is 0 Å². The van der Waals surface area contributed by atoms with Crippen LogP contribution >= 0.6 is 0 Å². The molecule has 0 saturated carbocycles. The van der Waals surface area contributed by atoms with E-state index in [0.29, 0.717) is 6.42 Å². The first-order valence-electron chi connectivity index (χ1n) is 7.71. The number of H-pyrrole nitrogens is 1. The molecule has 1 atom stereocenters. The van der Waals surface area contributed by atoms with Crippen LogP contribution in [0.3, 0.4) is 0 Å². The van der Waals surface area contributed by atoms with Crippen molar-refractivity contribution in [2.45, 2.75) is 25.3 Å². The van der Waals surface area contributed by atoms with Gasteiger partial charge in [0.2, 0.25) is 5.91 Å². The van der Waals surface area contributed by atoms with Crippen LogP contribution in [0.2, 0.25) is 0 Å². The molecule has 1 aliphatic rings. The van der Waals surface area contributed by atoms with Crippen molar-refractivity contribution < 1.29 is 4.79 Å². The summed E-state index contributed by atoms with van der Waals surface area (Å²) in [6, 6.07) is 18.5. The van der Waals surface area contributed by atoms with Crippen LogP contribution in [0.5, 0.6) is 0 Å². The molecular weight excluding hydrogens is 272 g/mol. The van der Waals surface area contributed by atoms with Crippen LogP contribution in [0.25, 0.3) is 10.9 Å². The number of fused-ring (bicyclic) bond motifs is 3. The van der Waals surface area contributed by atoms with Gasteiger partial charge in [0.25, 0.3) is 0 Å². The molecule has 1 heterocycles. The standard InChI is InChI=1S/C19H18N2O/c22-19(10-13-6-2-1-3-7-13)20-14-11-16-15-8-4-5-9-17(15)21-18(16)12-14/h1-9,14,21H,10-12H2,(H,20,22). The number of hydrogen-bond acceptors (Lipinski definition) is 1. The highest BCUT2D eigenvalue weighted by Gasteiger charge is 2.26. The summed E-state index contributed by atoms with van der Waals surface area (Å²) in [6.45, 7) is 0. The van der Waals surface area contributed by atoms with Crippen molar-refractivity contribution in [1.82, 2.24) is 10.3 Å². The van der Waals surface area contributed by atoms with Crippen molar-refractivity contribution >= 4 is 16.8 Å². The van der Waals surface area contributed by atoms with Gasteiger partial charge in [0, 0.05) is 29.1 Å². The molecule has 2 N–H and O–H groups in total. The Balaban J connectivity index is 1.44. The fraction of sp³-hybridized carbons (Fsp3) is 0.211. The van der Waals surface area contributed by atoms with Crippen LogP contribution in [-0.2, 0) is 24.1 Å². The zero-order valence-electron chi connectivity index (χ0n) is 12.3. The number of amides is 1. The highest BCUT2D eigenvalue weighted by atomic mass is 16.1. The molecule has 3 nitrogen and oxygen atoms in total. The number of para-hydroxylation sites is 1. The lowest BCUT2D eigenvalue weighted by atomic mass is 10.1. The molecule has 1 amide bonds. The summed E-state index contributed by atoms with van der Waals surface area (Å²) in [7, 11) is 0. The fourth-order valence-electron chi connectivity index (χ4n) is 3.39. The Labute approximate surface area is 129 Å². The van der Waals surface area contributed by atoms with Gasteiger partial charge in [-0.1, -0.05) is 48.5 Å². The van der Waals surface area contributed by atoms with Gasteiger partial charge in [-0.25, -0.2) is 0 Å². The zero-order valence-corrected chi connectivity index (χ0v) is 12.3. The number of carbonyl (C=O) groups is 1. The van der Waals surface area contributed by atoms with E-state index in [0.717, 1.165) is 18.4 Å². The largest absolute Gasteiger partial charge is 0.358 e. The van der Waals surface area contributed by atoms with Gasteiger partial charge in [-0.05, 0) is 23.6 Å². The molecule has 22 heavy (non-hydrogen) atoms. The Bertz CT molecular complexity index is 820. The lowest BCUT2D eigenvalue weighted by Gasteiger charge is -2.12. The summed E-state index contributed by atoms with van der Waals surface area (Å²) in [5, 5.41) is 4.46. The Morgan fingerprint density at radius 1 is 1.05 bits per heavy atom. The van der Waals surface area contributed by atoms with E-state index in [2.05, 4.69) is 28.5 Å². The monoisotopic (exact) mass is 290 g/mol.